The van der Waals surface area contributed by atoms with Crippen LogP contribution in [0.1, 0.15) is 25.3 Å². The normalized spacial score (nSPS) is 11.4. The Kier molecular flexibility index (Phi) is 5.68. The number of nitrogens with one attached hydrogen (secondary N) is 1. The number of ether oxygens (including phenoxy) is 1. The second kappa shape index (κ2) is 7.27. The Bertz CT molecular complexity index is 480. The van der Waals surface area contributed by atoms with E-state index in [1.807, 2.05) is 6.92 Å². The molecular weight excluding hydrogens is 244 g/mol. The summed E-state index contributed by atoms with van der Waals surface area (Å²) in [5.74, 6) is -0.651. The lowest BCUT2D eigenvalue weighted by Gasteiger charge is -2.14. The summed E-state index contributed by atoms with van der Waals surface area (Å²) in [6.45, 7) is 2.24. The number of methoxy groups -OCH3 is 1. The zero-order chi connectivity index (χ0) is 14.3. The summed E-state index contributed by atoms with van der Waals surface area (Å²) in [5.41, 5.74) is 1.07. The van der Waals surface area contributed by atoms with Crippen molar-refractivity contribution in [1.29, 1.82) is 5.26 Å². The third-order valence-corrected chi connectivity index (χ3v) is 2.87. The van der Waals surface area contributed by atoms with Crippen molar-refractivity contribution in [1.82, 2.24) is 0 Å². The highest BCUT2D eigenvalue weighted by Gasteiger charge is 2.16. The molecule has 0 saturated carbocycles. The first-order chi connectivity index (χ1) is 9.12. The number of nitriles is 1. The van der Waals surface area contributed by atoms with Crippen LogP contribution in [0, 0.1) is 17.2 Å². The molecule has 102 valence electrons. The maximum Gasteiger partial charge on any atom is 0.308 e. The highest BCUT2D eigenvalue weighted by molar-refractivity contribution is 5.71. The van der Waals surface area contributed by atoms with Crippen LogP contribution in [0.5, 0.6) is 5.75 Å². The smallest absolute Gasteiger partial charge is 0.308 e. The van der Waals surface area contributed by atoms with Crippen LogP contribution in [0.2, 0.25) is 0 Å². The molecule has 0 saturated heterocycles. The van der Waals surface area contributed by atoms with Crippen LogP contribution < -0.4 is 10.1 Å². The molecule has 0 aliphatic rings. The van der Waals surface area contributed by atoms with Crippen molar-refractivity contribution < 1.29 is 14.6 Å². The summed E-state index contributed by atoms with van der Waals surface area (Å²) in [6, 6.07) is 7.11. The third-order valence-electron chi connectivity index (χ3n) is 2.87. The second-order valence-electron chi connectivity index (χ2n) is 4.23. The van der Waals surface area contributed by atoms with E-state index in [0.717, 1.165) is 6.42 Å². The molecule has 1 atom stereocenters. The average molecular weight is 262 g/mol. The fourth-order valence-electron chi connectivity index (χ4n) is 1.79. The van der Waals surface area contributed by atoms with Crippen LogP contribution in [-0.4, -0.2) is 24.7 Å². The van der Waals surface area contributed by atoms with Gasteiger partial charge < -0.3 is 15.2 Å². The van der Waals surface area contributed by atoms with Gasteiger partial charge in [-0.2, -0.15) is 5.26 Å². The van der Waals surface area contributed by atoms with E-state index in [4.69, 9.17) is 15.1 Å². The van der Waals surface area contributed by atoms with Gasteiger partial charge in [0.1, 0.15) is 11.8 Å². The number of carbonyl (C=O) groups is 1. The van der Waals surface area contributed by atoms with E-state index in [-0.39, 0.29) is 0 Å². The molecule has 1 unspecified atom stereocenters. The van der Waals surface area contributed by atoms with Crippen molar-refractivity contribution in [2.45, 2.75) is 19.8 Å². The highest BCUT2D eigenvalue weighted by atomic mass is 16.5. The van der Waals surface area contributed by atoms with E-state index in [0.29, 0.717) is 30.0 Å². The van der Waals surface area contributed by atoms with Crippen molar-refractivity contribution in [3.8, 4) is 11.8 Å². The molecule has 0 bridgehead atoms. The van der Waals surface area contributed by atoms with Crippen LogP contribution in [-0.2, 0) is 4.79 Å². The van der Waals surface area contributed by atoms with Crippen molar-refractivity contribution in [2.24, 2.45) is 5.92 Å². The minimum atomic E-state index is -0.823. The maximum absolute atomic E-state index is 11.1. The first kappa shape index (κ1) is 14.8. The predicted octanol–water partition coefficient (Wildman–Crippen LogP) is 2.48. The van der Waals surface area contributed by atoms with Gasteiger partial charge in [0.2, 0.25) is 0 Å². The Hall–Kier alpha value is -2.22. The molecule has 0 amide bonds. The molecule has 0 aliphatic heterocycles. The lowest BCUT2D eigenvalue weighted by molar-refractivity contribution is -0.141. The standard InChI is InChI=1S/C14H18N2O3/c1-3-4-11(14(17)18)9-16-13-7-12(19-2)6-5-10(13)8-15/h5-7,11,16H,3-4,9H2,1-2H3,(H,17,18). The number of benzene rings is 1. The molecule has 0 spiro atoms. The zero-order valence-corrected chi connectivity index (χ0v) is 11.1. The summed E-state index contributed by atoms with van der Waals surface area (Å²) in [7, 11) is 1.54. The first-order valence-electron chi connectivity index (χ1n) is 6.17. The molecule has 19 heavy (non-hydrogen) atoms. The molecule has 5 heteroatoms. The minimum Gasteiger partial charge on any atom is -0.497 e. The molecule has 0 fully saturated rings. The molecule has 1 aromatic rings. The van der Waals surface area contributed by atoms with Gasteiger partial charge in [-0.05, 0) is 18.6 Å². The van der Waals surface area contributed by atoms with Gasteiger partial charge in [0, 0.05) is 12.6 Å². The second-order valence-corrected chi connectivity index (χ2v) is 4.23. The summed E-state index contributed by atoms with van der Waals surface area (Å²) >= 11 is 0. The van der Waals surface area contributed by atoms with Crippen molar-refractivity contribution in [3.05, 3.63) is 23.8 Å². The lowest BCUT2D eigenvalue weighted by atomic mass is 10.0. The molecule has 0 aliphatic carbocycles. The number of carboxylic acid groups (broad SMARTS) is 1. The predicted molar refractivity (Wildman–Crippen MR) is 72.2 cm³/mol. The minimum absolute atomic E-state index is 0.297. The summed E-state index contributed by atoms with van der Waals surface area (Å²) in [4.78, 5) is 11.1. The Labute approximate surface area is 112 Å². The Morgan fingerprint density at radius 2 is 2.32 bits per heavy atom. The van der Waals surface area contributed by atoms with Crippen LogP contribution in [0.4, 0.5) is 5.69 Å². The van der Waals surface area contributed by atoms with Crippen molar-refractivity contribution in [2.75, 3.05) is 19.0 Å². The molecular formula is C14H18N2O3. The number of rotatable bonds is 7. The monoisotopic (exact) mass is 262 g/mol. The van der Waals surface area contributed by atoms with Gasteiger partial charge in [-0.25, -0.2) is 0 Å². The van der Waals surface area contributed by atoms with Crippen LogP contribution >= 0.6 is 0 Å². The van der Waals surface area contributed by atoms with Gasteiger partial charge in [0.05, 0.1) is 24.3 Å². The lowest BCUT2D eigenvalue weighted by Crippen LogP contribution is -2.23. The third kappa shape index (κ3) is 4.18. The Balaban J connectivity index is 2.80. The van der Waals surface area contributed by atoms with E-state index in [1.54, 1.807) is 25.3 Å². The highest BCUT2D eigenvalue weighted by Crippen LogP contribution is 2.22. The van der Waals surface area contributed by atoms with Gasteiger partial charge in [-0.1, -0.05) is 13.3 Å². The van der Waals surface area contributed by atoms with Gasteiger partial charge in [0.25, 0.3) is 0 Å². The largest absolute Gasteiger partial charge is 0.497 e. The Morgan fingerprint density at radius 1 is 1.58 bits per heavy atom. The van der Waals surface area contributed by atoms with Gasteiger partial charge in [-0.3, -0.25) is 4.79 Å². The molecule has 2 N–H and O–H groups in total. The van der Waals surface area contributed by atoms with Crippen molar-refractivity contribution >= 4 is 11.7 Å². The fraction of sp³-hybridized carbons (Fsp3) is 0.429. The van der Waals surface area contributed by atoms with Crippen LogP contribution in [0.3, 0.4) is 0 Å². The molecule has 1 aromatic carbocycles. The van der Waals surface area contributed by atoms with E-state index in [2.05, 4.69) is 11.4 Å². The van der Waals surface area contributed by atoms with E-state index < -0.39 is 11.9 Å². The molecule has 0 radical (unpaired) electrons. The van der Waals surface area contributed by atoms with Gasteiger partial charge in [-0.15, -0.1) is 0 Å². The topological polar surface area (TPSA) is 82.3 Å². The average Bonchev–Trinajstić information content (AvgIpc) is 2.42. The molecule has 5 nitrogen and oxygen atoms in total. The summed E-state index contributed by atoms with van der Waals surface area (Å²) in [5, 5.41) is 21.1. The summed E-state index contributed by atoms with van der Waals surface area (Å²) in [6.07, 6.45) is 1.41. The van der Waals surface area contributed by atoms with Gasteiger partial charge in [0.15, 0.2) is 0 Å². The number of hydrogen-bond donors (Lipinski definition) is 2. The first-order valence-corrected chi connectivity index (χ1v) is 6.17. The van der Waals surface area contributed by atoms with Crippen LogP contribution in [0.15, 0.2) is 18.2 Å². The maximum atomic E-state index is 11.1. The molecule has 0 heterocycles. The van der Waals surface area contributed by atoms with Crippen LogP contribution in [0.25, 0.3) is 0 Å². The molecule has 0 aromatic heterocycles. The Morgan fingerprint density at radius 3 is 2.84 bits per heavy atom. The molecule has 1 rings (SSSR count). The van der Waals surface area contributed by atoms with E-state index in [9.17, 15) is 4.79 Å². The SMILES string of the molecule is CCCC(CNc1cc(OC)ccc1C#N)C(=O)O. The van der Waals surface area contributed by atoms with Crippen molar-refractivity contribution in [3.63, 3.8) is 0 Å². The van der Waals surface area contributed by atoms with E-state index in [1.165, 1.54) is 0 Å². The number of carboxylic acids is 1. The zero-order valence-electron chi connectivity index (χ0n) is 11.1. The quantitative estimate of drug-likeness (QED) is 0.788. The number of nitrogens with zero attached hydrogens (tertiary/aromatic N) is 1. The number of anilines is 1. The van der Waals surface area contributed by atoms with E-state index >= 15 is 0 Å². The number of aliphatic carboxylic acids is 1. The fourth-order valence-corrected chi connectivity index (χ4v) is 1.79. The summed E-state index contributed by atoms with van der Waals surface area (Å²) < 4.78 is 5.09. The van der Waals surface area contributed by atoms with Gasteiger partial charge >= 0.3 is 5.97 Å². The number of hydrogen-bond acceptors (Lipinski definition) is 4.